The lowest BCUT2D eigenvalue weighted by molar-refractivity contribution is -0.120. The van der Waals surface area contributed by atoms with Crippen LogP contribution >= 0.6 is 15.9 Å². The van der Waals surface area contributed by atoms with E-state index in [0.29, 0.717) is 11.4 Å². The molecule has 15 heavy (non-hydrogen) atoms. The third-order valence-corrected chi connectivity index (χ3v) is 4.05. The third-order valence-electron chi connectivity index (χ3n) is 2.09. The number of sulfone groups is 1. The Morgan fingerprint density at radius 3 is 2.33 bits per heavy atom. The number of nitrogens with one attached hydrogen (secondary N) is 1. The molecule has 0 spiro atoms. The van der Waals surface area contributed by atoms with Crippen molar-refractivity contribution in [1.82, 2.24) is 5.32 Å². The highest BCUT2D eigenvalue weighted by Crippen LogP contribution is 2.05. The van der Waals surface area contributed by atoms with Crippen LogP contribution in [-0.4, -0.2) is 37.2 Å². The minimum Gasteiger partial charge on any atom is -0.355 e. The lowest BCUT2D eigenvalue weighted by Gasteiger charge is -2.10. The summed E-state index contributed by atoms with van der Waals surface area (Å²) in [4.78, 5) is 11.8. The second kappa shape index (κ2) is 6.48. The molecule has 0 aliphatic rings. The first-order valence-corrected chi connectivity index (χ1v) is 7.73. The number of hydrogen-bond acceptors (Lipinski definition) is 3. The van der Waals surface area contributed by atoms with Gasteiger partial charge in [-0.3, -0.25) is 4.79 Å². The molecule has 0 fully saturated rings. The molecule has 0 aliphatic heterocycles. The van der Waals surface area contributed by atoms with E-state index in [2.05, 4.69) is 21.2 Å². The van der Waals surface area contributed by atoms with Gasteiger partial charge in [-0.2, -0.15) is 0 Å². The van der Waals surface area contributed by atoms with E-state index in [-0.39, 0.29) is 0 Å². The van der Waals surface area contributed by atoms with Crippen LogP contribution in [0.25, 0.3) is 0 Å². The quantitative estimate of drug-likeness (QED) is 0.590. The molecule has 0 saturated heterocycles. The summed E-state index contributed by atoms with van der Waals surface area (Å²) < 4.78 is 22.1. The van der Waals surface area contributed by atoms with Crippen LogP contribution in [0.5, 0.6) is 0 Å². The Balaban J connectivity index is 3.86. The van der Waals surface area contributed by atoms with Gasteiger partial charge in [0.15, 0.2) is 9.84 Å². The zero-order valence-corrected chi connectivity index (χ0v) is 11.7. The number of rotatable bonds is 6. The van der Waals surface area contributed by atoms with E-state index in [4.69, 9.17) is 0 Å². The van der Waals surface area contributed by atoms with Gasteiger partial charge in [0, 0.05) is 17.6 Å². The minimum absolute atomic E-state index is 0.417. The molecule has 0 saturated carbocycles. The van der Waals surface area contributed by atoms with Gasteiger partial charge in [0.2, 0.25) is 5.91 Å². The van der Waals surface area contributed by atoms with Crippen LogP contribution in [0.2, 0.25) is 0 Å². The number of alkyl halides is 1. The lowest BCUT2D eigenvalue weighted by Crippen LogP contribution is -2.37. The maximum atomic E-state index is 11.3. The highest BCUT2D eigenvalue weighted by Gasteiger charge is 2.22. The number of carbonyl (C=O) groups excluding carboxylic acids is 1. The molecule has 0 bridgehead atoms. The summed E-state index contributed by atoms with van der Waals surface area (Å²) >= 11 is 3.39. The Labute approximate surface area is 99.9 Å². The molecule has 0 aromatic rings. The molecule has 2 unspecified atom stereocenters. The van der Waals surface area contributed by atoms with Crippen molar-refractivity contribution in [3.05, 3.63) is 0 Å². The van der Waals surface area contributed by atoms with Gasteiger partial charge < -0.3 is 5.32 Å². The smallest absolute Gasteiger partial charge is 0.238 e. The molecule has 0 radical (unpaired) electrons. The van der Waals surface area contributed by atoms with Crippen molar-refractivity contribution in [2.75, 3.05) is 12.8 Å². The molecule has 4 nitrogen and oxygen atoms in total. The van der Waals surface area contributed by atoms with Crippen LogP contribution in [0.3, 0.4) is 0 Å². The molecular weight excluding hydrogens is 282 g/mol. The standard InChI is InChI=1S/C9H18BrNO3S/c1-7(10)5-4-6-11-9(12)8(2)15(3,13)14/h7-8H,4-6H2,1-3H3,(H,11,12). The van der Waals surface area contributed by atoms with Crippen molar-refractivity contribution >= 4 is 31.7 Å². The summed E-state index contributed by atoms with van der Waals surface area (Å²) in [5.41, 5.74) is 0. The Morgan fingerprint density at radius 1 is 1.40 bits per heavy atom. The van der Waals surface area contributed by atoms with E-state index in [1.54, 1.807) is 0 Å². The predicted octanol–water partition coefficient (Wildman–Crippen LogP) is 1.10. The van der Waals surface area contributed by atoms with E-state index in [9.17, 15) is 13.2 Å². The van der Waals surface area contributed by atoms with Gasteiger partial charge in [0.1, 0.15) is 5.25 Å². The first kappa shape index (κ1) is 14.9. The number of hydrogen-bond donors (Lipinski definition) is 1. The van der Waals surface area contributed by atoms with Crippen LogP contribution < -0.4 is 5.32 Å². The summed E-state index contributed by atoms with van der Waals surface area (Å²) in [6, 6.07) is 0. The van der Waals surface area contributed by atoms with Crippen LogP contribution in [0.4, 0.5) is 0 Å². The summed E-state index contributed by atoms with van der Waals surface area (Å²) in [5.74, 6) is -0.417. The first-order valence-electron chi connectivity index (χ1n) is 4.85. The molecule has 0 rings (SSSR count). The van der Waals surface area contributed by atoms with Crippen molar-refractivity contribution in [2.45, 2.75) is 36.8 Å². The summed E-state index contributed by atoms with van der Waals surface area (Å²) in [6.07, 6.45) is 2.86. The van der Waals surface area contributed by atoms with Crippen molar-refractivity contribution in [3.8, 4) is 0 Å². The Hall–Kier alpha value is -0.100. The Morgan fingerprint density at radius 2 is 1.93 bits per heavy atom. The van der Waals surface area contributed by atoms with Gasteiger partial charge >= 0.3 is 0 Å². The normalized spacial score (nSPS) is 15.7. The predicted molar refractivity (Wildman–Crippen MR) is 64.9 cm³/mol. The van der Waals surface area contributed by atoms with E-state index in [1.807, 2.05) is 6.92 Å². The van der Waals surface area contributed by atoms with Crippen molar-refractivity contribution in [2.24, 2.45) is 0 Å². The summed E-state index contributed by atoms with van der Waals surface area (Å²) in [6.45, 7) is 3.95. The maximum Gasteiger partial charge on any atom is 0.238 e. The molecule has 1 amide bonds. The van der Waals surface area contributed by atoms with Crippen molar-refractivity contribution < 1.29 is 13.2 Å². The van der Waals surface area contributed by atoms with Crippen molar-refractivity contribution in [3.63, 3.8) is 0 Å². The molecule has 6 heteroatoms. The van der Waals surface area contributed by atoms with Crippen LogP contribution in [0, 0.1) is 0 Å². The molecule has 90 valence electrons. The van der Waals surface area contributed by atoms with Crippen LogP contribution in [-0.2, 0) is 14.6 Å². The third kappa shape index (κ3) is 6.89. The lowest BCUT2D eigenvalue weighted by atomic mass is 10.2. The average molecular weight is 300 g/mol. The topological polar surface area (TPSA) is 63.2 Å². The zero-order valence-electron chi connectivity index (χ0n) is 9.29. The van der Waals surface area contributed by atoms with Gasteiger partial charge in [0.25, 0.3) is 0 Å². The molecular formula is C9H18BrNO3S. The second-order valence-electron chi connectivity index (χ2n) is 3.69. The van der Waals surface area contributed by atoms with Gasteiger partial charge in [-0.25, -0.2) is 8.42 Å². The van der Waals surface area contributed by atoms with Crippen LogP contribution in [0.1, 0.15) is 26.7 Å². The number of amides is 1. The summed E-state index contributed by atoms with van der Waals surface area (Å²) in [7, 11) is -3.28. The first-order chi connectivity index (χ1) is 6.75. The van der Waals surface area contributed by atoms with Gasteiger partial charge in [0.05, 0.1) is 0 Å². The monoisotopic (exact) mass is 299 g/mol. The van der Waals surface area contributed by atoms with Gasteiger partial charge in [-0.15, -0.1) is 0 Å². The molecule has 1 N–H and O–H groups in total. The fourth-order valence-corrected chi connectivity index (χ4v) is 1.73. The van der Waals surface area contributed by atoms with Gasteiger partial charge in [-0.05, 0) is 19.8 Å². The fourth-order valence-electron chi connectivity index (χ4n) is 0.933. The molecule has 0 heterocycles. The Kier molecular flexibility index (Phi) is 6.43. The second-order valence-corrected chi connectivity index (χ2v) is 7.62. The molecule has 0 aliphatic carbocycles. The van der Waals surface area contributed by atoms with E-state index in [1.165, 1.54) is 6.92 Å². The Bertz CT molecular complexity index is 300. The van der Waals surface area contributed by atoms with Crippen LogP contribution in [0.15, 0.2) is 0 Å². The van der Waals surface area contributed by atoms with E-state index < -0.39 is 21.0 Å². The van der Waals surface area contributed by atoms with Gasteiger partial charge in [-0.1, -0.05) is 22.9 Å². The number of carbonyl (C=O) groups is 1. The summed E-state index contributed by atoms with van der Waals surface area (Å²) in [5, 5.41) is 1.65. The zero-order chi connectivity index (χ0) is 12.1. The highest BCUT2D eigenvalue weighted by molar-refractivity contribution is 9.09. The number of halogens is 1. The SMILES string of the molecule is CC(Br)CCCNC(=O)C(C)S(C)(=O)=O. The maximum absolute atomic E-state index is 11.3. The molecule has 0 aromatic carbocycles. The largest absolute Gasteiger partial charge is 0.355 e. The minimum atomic E-state index is -3.28. The van der Waals surface area contributed by atoms with Crippen molar-refractivity contribution in [1.29, 1.82) is 0 Å². The highest BCUT2D eigenvalue weighted by atomic mass is 79.9. The average Bonchev–Trinajstić information content (AvgIpc) is 2.09. The molecule has 0 aromatic heterocycles. The molecule has 2 atom stereocenters. The van der Waals surface area contributed by atoms with E-state index >= 15 is 0 Å². The fraction of sp³-hybridized carbons (Fsp3) is 0.889. The van der Waals surface area contributed by atoms with E-state index in [0.717, 1.165) is 19.1 Å².